The fourth-order valence-corrected chi connectivity index (χ4v) is 2.78. The van der Waals surface area contributed by atoms with Crippen LogP contribution in [0.4, 0.5) is 4.39 Å². The lowest BCUT2D eigenvalue weighted by molar-refractivity contribution is -0.141. The Bertz CT molecular complexity index is 700. The van der Waals surface area contributed by atoms with Crippen molar-refractivity contribution >= 4 is 32.9 Å². The highest BCUT2D eigenvalue weighted by Crippen LogP contribution is 2.30. The second kappa shape index (κ2) is 6.75. The molecule has 5 nitrogen and oxygen atoms in total. The van der Waals surface area contributed by atoms with Gasteiger partial charge in [-0.2, -0.15) is 0 Å². The van der Waals surface area contributed by atoms with Gasteiger partial charge in [0.2, 0.25) is 0 Å². The monoisotopic (exact) mass is 372 g/mol. The standard InChI is InChI=1S/C15H18BrFN2O3/c1-8(2)19-12-7-10(16)6-11(17)14(12)18-15(19)13(21)4-5-22-9(3)20/h6-8,13,21H,4-5H2,1-3H3. The van der Waals surface area contributed by atoms with E-state index in [1.54, 1.807) is 10.6 Å². The molecule has 1 aromatic heterocycles. The molecule has 0 saturated heterocycles. The number of aromatic nitrogens is 2. The predicted octanol–water partition coefficient (Wildman–Crippen LogP) is 3.51. The van der Waals surface area contributed by atoms with Gasteiger partial charge >= 0.3 is 5.97 Å². The summed E-state index contributed by atoms with van der Waals surface area (Å²) in [5.41, 5.74) is 0.835. The van der Waals surface area contributed by atoms with Crippen LogP contribution in [0.15, 0.2) is 16.6 Å². The van der Waals surface area contributed by atoms with Crippen molar-refractivity contribution in [1.29, 1.82) is 0 Å². The number of carbonyl (C=O) groups excluding carboxylic acids is 1. The topological polar surface area (TPSA) is 64.3 Å². The zero-order valence-corrected chi connectivity index (χ0v) is 14.2. The Morgan fingerprint density at radius 1 is 1.50 bits per heavy atom. The van der Waals surface area contributed by atoms with E-state index in [9.17, 15) is 14.3 Å². The van der Waals surface area contributed by atoms with Crippen molar-refractivity contribution in [2.75, 3.05) is 6.61 Å². The molecule has 2 rings (SSSR count). The van der Waals surface area contributed by atoms with Gasteiger partial charge in [0, 0.05) is 23.9 Å². The molecule has 1 atom stereocenters. The molecule has 0 amide bonds. The van der Waals surface area contributed by atoms with Crippen molar-refractivity contribution in [1.82, 2.24) is 9.55 Å². The van der Waals surface area contributed by atoms with Crippen LogP contribution in [0.5, 0.6) is 0 Å². The quantitative estimate of drug-likeness (QED) is 0.815. The summed E-state index contributed by atoms with van der Waals surface area (Å²) in [5, 5.41) is 10.3. The van der Waals surface area contributed by atoms with Crippen LogP contribution in [0.3, 0.4) is 0 Å². The first-order valence-corrected chi connectivity index (χ1v) is 7.79. The summed E-state index contributed by atoms with van der Waals surface area (Å²) < 4.78 is 21.3. The van der Waals surface area contributed by atoms with E-state index in [1.165, 1.54) is 13.0 Å². The number of carbonyl (C=O) groups is 1. The molecule has 22 heavy (non-hydrogen) atoms. The average molecular weight is 373 g/mol. The van der Waals surface area contributed by atoms with E-state index in [1.807, 2.05) is 13.8 Å². The molecule has 0 aliphatic carbocycles. The molecule has 7 heteroatoms. The zero-order valence-electron chi connectivity index (χ0n) is 12.6. The number of benzene rings is 1. The summed E-state index contributed by atoms with van der Waals surface area (Å²) in [4.78, 5) is 15.0. The average Bonchev–Trinajstić information content (AvgIpc) is 2.77. The maximum absolute atomic E-state index is 14.1. The first kappa shape index (κ1) is 16.9. The number of aliphatic hydroxyl groups is 1. The van der Waals surface area contributed by atoms with Crippen LogP contribution in [0.1, 0.15) is 45.2 Å². The Morgan fingerprint density at radius 3 is 2.77 bits per heavy atom. The normalized spacial score (nSPS) is 12.9. The van der Waals surface area contributed by atoms with E-state index in [4.69, 9.17) is 4.74 Å². The number of rotatable bonds is 5. The lowest BCUT2D eigenvalue weighted by Gasteiger charge is -2.17. The molecule has 1 aromatic carbocycles. The maximum atomic E-state index is 14.1. The first-order valence-electron chi connectivity index (χ1n) is 6.99. The highest BCUT2D eigenvalue weighted by Gasteiger charge is 2.22. The van der Waals surface area contributed by atoms with E-state index in [0.29, 0.717) is 15.8 Å². The molecule has 0 fully saturated rings. The molecule has 0 saturated carbocycles. The van der Waals surface area contributed by atoms with Crippen molar-refractivity contribution < 1.29 is 19.0 Å². The Morgan fingerprint density at radius 2 is 2.18 bits per heavy atom. The second-order valence-corrected chi connectivity index (χ2v) is 6.25. The van der Waals surface area contributed by atoms with Gasteiger partial charge in [0.1, 0.15) is 17.4 Å². The number of ether oxygens (including phenoxy) is 1. The molecule has 0 bridgehead atoms. The lowest BCUT2D eigenvalue weighted by Crippen LogP contribution is -2.13. The van der Waals surface area contributed by atoms with Crippen molar-refractivity contribution in [3.8, 4) is 0 Å². The number of imidazole rings is 1. The third-order valence-electron chi connectivity index (χ3n) is 3.25. The van der Waals surface area contributed by atoms with Crippen LogP contribution in [-0.2, 0) is 9.53 Å². The Kier molecular flexibility index (Phi) is 5.18. The van der Waals surface area contributed by atoms with E-state index in [0.717, 1.165) is 0 Å². The number of esters is 1. The molecule has 1 N–H and O–H groups in total. The number of aliphatic hydroxyl groups excluding tert-OH is 1. The van der Waals surface area contributed by atoms with Gasteiger partial charge in [0.15, 0.2) is 5.82 Å². The zero-order chi connectivity index (χ0) is 16.4. The van der Waals surface area contributed by atoms with Gasteiger partial charge < -0.3 is 14.4 Å². The van der Waals surface area contributed by atoms with Gasteiger partial charge in [-0.1, -0.05) is 15.9 Å². The fraction of sp³-hybridized carbons (Fsp3) is 0.467. The summed E-state index contributed by atoms with van der Waals surface area (Å²) >= 11 is 3.27. The molecule has 0 spiro atoms. The number of nitrogens with zero attached hydrogens (tertiary/aromatic N) is 2. The van der Waals surface area contributed by atoms with Gasteiger partial charge in [-0.05, 0) is 26.0 Å². The SMILES string of the molecule is CC(=O)OCCC(O)c1nc2c(F)cc(Br)cc2n1C(C)C. The highest BCUT2D eigenvalue weighted by atomic mass is 79.9. The van der Waals surface area contributed by atoms with Crippen LogP contribution in [0.25, 0.3) is 11.0 Å². The number of hydrogen-bond acceptors (Lipinski definition) is 4. The van der Waals surface area contributed by atoms with Gasteiger partial charge in [0.25, 0.3) is 0 Å². The third-order valence-corrected chi connectivity index (χ3v) is 3.71. The van der Waals surface area contributed by atoms with Crippen LogP contribution < -0.4 is 0 Å². The van der Waals surface area contributed by atoms with Crippen LogP contribution in [0.2, 0.25) is 0 Å². The summed E-state index contributed by atoms with van der Waals surface area (Å²) in [7, 11) is 0. The number of hydrogen-bond donors (Lipinski definition) is 1. The van der Waals surface area contributed by atoms with Crippen LogP contribution in [0, 0.1) is 5.82 Å². The molecule has 0 aliphatic rings. The van der Waals surface area contributed by atoms with E-state index >= 15 is 0 Å². The minimum atomic E-state index is -0.938. The maximum Gasteiger partial charge on any atom is 0.302 e. The smallest absolute Gasteiger partial charge is 0.302 e. The Balaban J connectivity index is 2.42. The largest absolute Gasteiger partial charge is 0.466 e. The van der Waals surface area contributed by atoms with Gasteiger partial charge in [0.05, 0.1) is 12.1 Å². The predicted molar refractivity (Wildman–Crippen MR) is 84.0 cm³/mol. The first-order chi connectivity index (χ1) is 10.3. The van der Waals surface area contributed by atoms with Gasteiger partial charge in [-0.15, -0.1) is 0 Å². The fourth-order valence-electron chi connectivity index (χ4n) is 2.36. The minimum absolute atomic E-state index is 0.00271. The van der Waals surface area contributed by atoms with Gasteiger partial charge in [-0.25, -0.2) is 9.37 Å². The van der Waals surface area contributed by atoms with Crippen molar-refractivity contribution in [3.05, 3.63) is 28.2 Å². The molecular formula is C15H18BrFN2O3. The van der Waals surface area contributed by atoms with E-state index < -0.39 is 17.9 Å². The van der Waals surface area contributed by atoms with E-state index in [2.05, 4.69) is 20.9 Å². The minimum Gasteiger partial charge on any atom is -0.466 e. The lowest BCUT2D eigenvalue weighted by atomic mass is 10.2. The third kappa shape index (κ3) is 3.47. The molecule has 0 aliphatic heterocycles. The molecule has 0 radical (unpaired) electrons. The molecule has 1 unspecified atom stereocenters. The highest BCUT2D eigenvalue weighted by molar-refractivity contribution is 9.10. The molecular weight excluding hydrogens is 355 g/mol. The number of fused-ring (bicyclic) bond motifs is 1. The van der Waals surface area contributed by atoms with Crippen molar-refractivity contribution in [2.45, 2.75) is 39.3 Å². The summed E-state index contributed by atoms with van der Waals surface area (Å²) in [6.07, 6.45) is -0.731. The molecule has 1 heterocycles. The Hall–Kier alpha value is -1.47. The summed E-state index contributed by atoms with van der Waals surface area (Å²) in [6.45, 7) is 5.26. The van der Waals surface area contributed by atoms with Crippen LogP contribution in [-0.4, -0.2) is 27.2 Å². The number of halogens is 2. The second-order valence-electron chi connectivity index (χ2n) is 5.33. The molecule has 2 aromatic rings. The van der Waals surface area contributed by atoms with Crippen LogP contribution >= 0.6 is 15.9 Å². The van der Waals surface area contributed by atoms with Gasteiger partial charge in [-0.3, -0.25) is 4.79 Å². The van der Waals surface area contributed by atoms with Crippen molar-refractivity contribution in [3.63, 3.8) is 0 Å². The summed E-state index contributed by atoms with van der Waals surface area (Å²) in [5.74, 6) is -0.481. The van der Waals surface area contributed by atoms with Crippen molar-refractivity contribution in [2.24, 2.45) is 0 Å². The molecule has 120 valence electrons. The Labute approximate surface area is 136 Å². The van der Waals surface area contributed by atoms with E-state index in [-0.39, 0.29) is 24.6 Å². The summed E-state index contributed by atoms with van der Waals surface area (Å²) in [6, 6.07) is 3.11.